The topological polar surface area (TPSA) is 60.0 Å². The van der Waals surface area contributed by atoms with E-state index in [1.807, 2.05) is 39.0 Å². The summed E-state index contributed by atoms with van der Waals surface area (Å²) < 4.78 is 16.5. The Morgan fingerprint density at radius 1 is 1.22 bits per heavy atom. The van der Waals surface area contributed by atoms with E-state index in [1.54, 1.807) is 19.1 Å². The molecule has 1 aliphatic rings. The molecule has 0 saturated carbocycles. The second-order valence-electron chi connectivity index (χ2n) is 6.47. The predicted octanol–water partition coefficient (Wildman–Crippen LogP) is 2.59. The van der Waals surface area contributed by atoms with Crippen LogP contribution in [0.3, 0.4) is 0 Å². The molecule has 2 rings (SSSR count). The van der Waals surface area contributed by atoms with Crippen LogP contribution in [0, 0.1) is 0 Å². The quantitative estimate of drug-likeness (QED) is 0.927. The van der Waals surface area contributed by atoms with Gasteiger partial charge in [0, 0.05) is 19.6 Å². The highest BCUT2D eigenvalue weighted by Gasteiger charge is 2.34. The summed E-state index contributed by atoms with van der Waals surface area (Å²) in [4.78, 5) is 14.3. The molecule has 23 heavy (non-hydrogen) atoms. The normalized spacial score (nSPS) is 18.5. The molecule has 0 spiro atoms. The van der Waals surface area contributed by atoms with Crippen molar-refractivity contribution in [3.8, 4) is 11.5 Å². The van der Waals surface area contributed by atoms with Gasteiger partial charge in [-0.25, -0.2) is 4.79 Å². The van der Waals surface area contributed by atoms with Crippen LogP contribution in [0.4, 0.5) is 4.79 Å². The Kier molecular flexibility index (Phi) is 5.36. The van der Waals surface area contributed by atoms with Gasteiger partial charge in [-0.05, 0) is 32.9 Å². The molecule has 1 saturated heterocycles. The van der Waals surface area contributed by atoms with Crippen LogP contribution >= 0.6 is 0 Å². The van der Waals surface area contributed by atoms with Gasteiger partial charge < -0.3 is 19.5 Å². The molecule has 1 N–H and O–H groups in total. The van der Waals surface area contributed by atoms with E-state index in [1.165, 1.54) is 0 Å². The van der Waals surface area contributed by atoms with Crippen molar-refractivity contribution < 1.29 is 19.0 Å². The lowest BCUT2D eigenvalue weighted by atomic mass is 10.0. The molecule has 1 heterocycles. The molecule has 0 radical (unpaired) electrons. The van der Waals surface area contributed by atoms with E-state index in [0.717, 1.165) is 12.1 Å². The summed E-state index contributed by atoms with van der Waals surface area (Å²) >= 11 is 0. The molecular formula is C17H26N2O4. The molecule has 0 aliphatic carbocycles. The summed E-state index contributed by atoms with van der Waals surface area (Å²) in [6.07, 6.45) is -0.322. The lowest BCUT2D eigenvalue weighted by molar-refractivity contribution is 0.0113. The first kappa shape index (κ1) is 17.4. The van der Waals surface area contributed by atoms with Gasteiger partial charge in [0.1, 0.15) is 17.1 Å². The molecule has 1 atom stereocenters. The number of nitrogens with zero attached hydrogens (tertiary/aromatic N) is 1. The molecule has 6 nitrogen and oxygen atoms in total. The molecule has 1 unspecified atom stereocenters. The lowest BCUT2D eigenvalue weighted by Crippen LogP contribution is -2.50. The average Bonchev–Trinajstić information content (AvgIpc) is 2.52. The van der Waals surface area contributed by atoms with Gasteiger partial charge in [0.05, 0.1) is 25.8 Å². The van der Waals surface area contributed by atoms with E-state index in [2.05, 4.69) is 5.32 Å². The Hall–Kier alpha value is -1.95. The first-order chi connectivity index (χ1) is 10.9. The van der Waals surface area contributed by atoms with Crippen LogP contribution in [0.5, 0.6) is 11.5 Å². The minimum absolute atomic E-state index is 0.204. The predicted molar refractivity (Wildman–Crippen MR) is 88.1 cm³/mol. The molecule has 0 bridgehead atoms. The number of carbonyl (C=O) groups is 1. The van der Waals surface area contributed by atoms with E-state index in [4.69, 9.17) is 14.2 Å². The summed E-state index contributed by atoms with van der Waals surface area (Å²) in [5.74, 6) is 1.40. The van der Waals surface area contributed by atoms with Gasteiger partial charge in [0.15, 0.2) is 0 Å². The Bertz CT molecular complexity index is 532. The zero-order chi connectivity index (χ0) is 17.0. The Morgan fingerprint density at radius 3 is 2.35 bits per heavy atom. The van der Waals surface area contributed by atoms with Crippen LogP contribution in [-0.2, 0) is 4.74 Å². The van der Waals surface area contributed by atoms with Crippen molar-refractivity contribution in [2.24, 2.45) is 0 Å². The zero-order valence-electron chi connectivity index (χ0n) is 14.5. The largest absolute Gasteiger partial charge is 0.496 e. The number of ether oxygens (including phenoxy) is 3. The number of nitrogens with one attached hydrogen (secondary N) is 1. The van der Waals surface area contributed by atoms with Crippen molar-refractivity contribution in [2.45, 2.75) is 32.4 Å². The molecule has 6 heteroatoms. The van der Waals surface area contributed by atoms with Gasteiger partial charge in [0.25, 0.3) is 0 Å². The third-order valence-electron chi connectivity index (χ3n) is 3.67. The number of methoxy groups -OCH3 is 2. The summed E-state index contributed by atoms with van der Waals surface area (Å²) in [5, 5.41) is 3.32. The summed E-state index contributed by atoms with van der Waals surface area (Å²) in [6.45, 7) is 7.52. The van der Waals surface area contributed by atoms with Crippen molar-refractivity contribution in [1.29, 1.82) is 0 Å². The molecule has 1 aromatic carbocycles. The van der Waals surface area contributed by atoms with Gasteiger partial charge in [0.2, 0.25) is 0 Å². The minimum Gasteiger partial charge on any atom is -0.496 e. The van der Waals surface area contributed by atoms with Gasteiger partial charge in [-0.2, -0.15) is 0 Å². The average molecular weight is 322 g/mol. The Labute approximate surface area is 137 Å². The molecule has 128 valence electrons. The van der Waals surface area contributed by atoms with E-state index < -0.39 is 5.60 Å². The summed E-state index contributed by atoms with van der Waals surface area (Å²) in [7, 11) is 3.23. The second-order valence-corrected chi connectivity index (χ2v) is 6.47. The number of piperazine rings is 1. The van der Waals surface area contributed by atoms with Gasteiger partial charge in [-0.1, -0.05) is 6.07 Å². The molecular weight excluding hydrogens is 296 g/mol. The summed E-state index contributed by atoms with van der Waals surface area (Å²) in [5.41, 5.74) is 0.327. The van der Waals surface area contributed by atoms with Crippen molar-refractivity contribution in [1.82, 2.24) is 10.2 Å². The van der Waals surface area contributed by atoms with E-state index in [-0.39, 0.29) is 12.1 Å². The maximum atomic E-state index is 12.6. The van der Waals surface area contributed by atoms with Crippen LogP contribution in [0.25, 0.3) is 0 Å². The van der Waals surface area contributed by atoms with E-state index in [9.17, 15) is 4.79 Å². The third-order valence-corrected chi connectivity index (χ3v) is 3.67. The fraction of sp³-hybridized carbons (Fsp3) is 0.588. The number of carbonyl (C=O) groups excluding carboxylic acids is 1. The van der Waals surface area contributed by atoms with Crippen molar-refractivity contribution in [2.75, 3.05) is 33.9 Å². The first-order valence-electron chi connectivity index (χ1n) is 7.78. The van der Waals surface area contributed by atoms with Crippen LogP contribution < -0.4 is 14.8 Å². The van der Waals surface area contributed by atoms with Gasteiger partial charge >= 0.3 is 6.09 Å². The lowest BCUT2D eigenvalue weighted by Gasteiger charge is -2.38. The van der Waals surface area contributed by atoms with Crippen LogP contribution in [0.15, 0.2) is 18.2 Å². The number of hydrogen-bond acceptors (Lipinski definition) is 5. The number of amides is 1. The Balaban J connectivity index is 2.37. The highest BCUT2D eigenvalue weighted by atomic mass is 16.6. The molecule has 1 aliphatic heterocycles. The molecule has 0 aromatic heterocycles. The van der Waals surface area contributed by atoms with E-state index in [0.29, 0.717) is 24.6 Å². The number of benzene rings is 1. The smallest absolute Gasteiger partial charge is 0.410 e. The second kappa shape index (κ2) is 7.08. The van der Waals surface area contributed by atoms with Crippen LogP contribution in [0.1, 0.15) is 32.4 Å². The van der Waals surface area contributed by atoms with Crippen LogP contribution in [0.2, 0.25) is 0 Å². The van der Waals surface area contributed by atoms with Crippen LogP contribution in [-0.4, -0.2) is 50.4 Å². The SMILES string of the molecule is COc1cccc(OC)c1C1CNCCN1C(=O)OC(C)(C)C. The maximum Gasteiger partial charge on any atom is 0.410 e. The molecule has 1 aromatic rings. The van der Waals surface area contributed by atoms with Crippen molar-refractivity contribution in [3.63, 3.8) is 0 Å². The van der Waals surface area contributed by atoms with Gasteiger partial charge in [-0.3, -0.25) is 4.90 Å². The maximum absolute atomic E-state index is 12.6. The van der Waals surface area contributed by atoms with Crippen molar-refractivity contribution in [3.05, 3.63) is 23.8 Å². The Morgan fingerprint density at radius 2 is 1.83 bits per heavy atom. The fourth-order valence-electron chi connectivity index (χ4n) is 2.71. The summed E-state index contributed by atoms with van der Waals surface area (Å²) in [6, 6.07) is 5.42. The van der Waals surface area contributed by atoms with Crippen molar-refractivity contribution >= 4 is 6.09 Å². The fourth-order valence-corrected chi connectivity index (χ4v) is 2.71. The molecule has 1 fully saturated rings. The highest BCUT2D eigenvalue weighted by Crippen LogP contribution is 2.38. The molecule has 1 amide bonds. The van der Waals surface area contributed by atoms with E-state index >= 15 is 0 Å². The number of hydrogen-bond donors (Lipinski definition) is 1. The monoisotopic (exact) mass is 322 g/mol. The zero-order valence-corrected chi connectivity index (χ0v) is 14.5. The standard InChI is InChI=1S/C17H26N2O4/c1-17(2,3)23-16(20)19-10-9-18-11-12(19)15-13(21-4)7-6-8-14(15)22-5/h6-8,12,18H,9-11H2,1-5H3. The van der Waals surface area contributed by atoms with Gasteiger partial charge in [-0.15, -0.1) is 0 Å². The minimum atomic E-state index is -0.530. The third kappa shape index (κ3) is 4.07. The highest BCUT2D eigenvalue weighted by molar-refractivity contribution is 5.70. The first-order valence-corrected chi connectivity index (χ1v) is 7.78. The number of rotatable bonds is 3.